The molecule has 0 bridgehead atoms. The Bertz CT molecular complexity index is 751. The number of aliphatic hydroxyl groups is 1. The molecule has 0 aliphatic rings. The van der Waals surface area contributed by atoms with Crippen molar-refractivity contribution in [3.05, 3.63) is 58.5 Å². The predicted octanol–water partition coefficient (Wildman–Crippen LogP) is 2.29. The van der Waals surface area contributed by atoms with Crippen molar-refractivity contribution in [2.75, 3.05) is 0 Å². The van der Waals surface area contributed by atoms with Gasteiger partial charge in [-0.3, -0.25) is 4.57 Å². The highest BCUT2D eigenvalue weighted by Crippen LogP contribution is 2.25. The Labute approximate surface area is 108 Å². The van der Waals surface area contributed by atoms with Crippen LogP contribution in [0, 0.1) is 0 Å². The Morgan fingerprint density at radius 2 is 2.16 bits per heavy atom. The molecule has 0 saturated carbocycles. The molecule has 1 N–H and O–H groups in total. The molecule has 0 amide bonds. The third kappa shape index (κ3) is 1.88. The Balaban J connectivity index is 2.10. The van der Waals surface area contributed by atoms with E-state index in [4.69, 9.17) is 8.83 Å². The van der Waals surface area contributed by atoms with Crippen LogP contribution < -0.4 is 5.76 Å². The molecule has 2 aromatic heterocycles. The number of aromatic nitrogens is 1. The van der Waals surface area contributed by atoms with Crippen molar-refractivity contribution in [1.82, 2.24) is 4.57 Å². The van der Waals surface area contributed by atoms with E-state index >= 15 is 0 Å². The second kappa shape index (κ2) is 4.44. The van der Waals surface area contributed by atoms with Crippen LogP contribution in [-0.2, 0) is 6.54 Å². The molecule has 0 fully saturated rings. The van der Waals surface area contributed by atoms with Gasteiger partial charge in [-0.2, -0.15) is 0 Å². The van der Waals surface area contributed by atoms with Crippen LogP contribution in [0.1, 0.15) is 24.2 Å². The van der Waals surface area contributed by atoms with E-state index in [1.807, 2.05) is 6.92 Å². The number of benzene rings is 1. The maximum Gasteiger partial charge on any atom is 0.419 e. The molecule has 98 valence electrons. The quantitative estimate of drug-likeness (QED) is 0.783. The summed E-state index contributed by atoms with van der Waals surface area (Å²) in [7, 11) is 0. The lowest BCUT2D eigenvalue weighted by Crippen LogP contribution is -2.11. The van der Waals surface area contributed by atoms with Gasteiger partial charge >= 0.3 is 5.76 Å². The van der Waals surface area contributed by atoms with Crippen molar-refractivity contribution in [2.45, 2.75) is 19.6 Å². The molecule has 3 aromatic rings. The highest BCUT2D eigenvalue weighted by atomic mass is 16.4. The third-order valence-corrected chi connectivity index (χ3v) is 3.18. The summed E-state index contributed by atoms with van der Waals surface area (Å²) >= 11 is 0. The SMILES string of the molecule is CCn1c(=O)oc2cc(C(O)c3ccoc3)ccc21. The molecule has 1 atom stereocenters. The maximum absolute atomic E-state index is 11.6. The number of furan rings is 1. The van der Waals surface area contributed by atoms with E-state index in [2.05, 4.69) is 0 Å². The fourth-order valence-electron chi connectivity index (χ4n) is 2.18. The van der Waals surface area contributed by atoms with Gasteiger partial charge in [0.2, 0.25) is 0 Å². The van der Waals surface area contributed by atoms with Gasteiger partial charge in [-0.15, -0.1) is 0 Å². The smallest absolute Gasteiger partial charge is 0.419 e. The normalized spacial score (nSPS) is 12.9. The molecule has 0 aliphatic carbocycles. The lowest BCUT2D eigenvalue weighted by molar-refractivity contribution is 0.219. The molecule has 5 nitrogen and oxygen atoms in total. The standard InChI is InChI=1S/C14H13NO4/c1-2-15-11-4-3-9(7-12(11)19-14(15)17)13(16)10-5-6-18-8-10/h3-8,13,16H,2H2,1H3. The van der Waals surface area contributed by atoms with Gasteiger partial charge in [0.05, 0.1) is 18.0 Å². The van der Waals surface area contributed by atoms with Gasteiger partial charge in [-0.1, -0.05) is 6.07 Å². The summed E-state index contributed by atoms with van der Waals surface area (Å²) in [4.78, 5) is 11.6. The number of rotatable bonds is 3. The van der Waals surface area contributed by atoms with E-state index in [0.717, 1.165) is 5.52 Å². The predicted molar refractivity (Wildman–Crippen MR) is 68.9 cm³/mol. The van der Waals surface area contributed by atoms with Crippen LogP contribution in [-0.4, -0.2) is 9.67 Å². The Kier molecular flexibility index (Phi) is 2.76. The summed E-state index contributed by atoms with van der Waals surface area (Å²) in [5.74, 6) is -0.382. The molecule has 3 rings (SSSR count). The van der Waals surface area contributed by atoms with Gasteiger partial charge in [-0.05, 0) is 30.7 Å². The number of oxazole rings is 1. The topological polar surface area (TPSA) is 68.5 Å². The van der Waals surface area contributed by atoms with Crippen molar-refractivity contribution in [1.29, 1.82) is 0 Å². The van der Waals surface area contributed by atoms with Gasteiger partial charge < -0.3 is 13.9 Å². The molecule has 5 heteroatoms. The maximum atomic E-state index is 11.6. The van der Waals surface area contributed by atoms with E-state index in [9.17, 15) is 9.90 Å². The fourth-order valence-corrected chi connectivity index (χ4v) is 2.18. The number of hydrogen-bond acceptors (Lipinski definition) is 4. The molecule has 1 unspecified atom stereocenters. The highest BCUT2D eigenvalue weighted by Gasteiger charge is 2.15. The van der Waals surface area contributed by atoms with Crippen LogP contribution in [0.25, 0.3) is 11.1 Å². The summed E-state index contributed by atoms with van der Waals surface area (Å²) in [6.45, 7) is 2.43. The number of fused-ring (bicyclic) bond motifs is 1. The zero-order valence-corrected chi connectivity index (χ0v) is 10.4. The lowest BCUT2D eigenvalue weighted by Gasteiger charge is -2.08. The van der Waals surface area contributed by atoms with E-state index in [-0.39, 0.29) is 5.76 Å². The minimum atomic E-state index is -0.793. The molecule has 19 heavy (non-hydrogen) atoms. The van der Waals surface area contributed by atoms with Gasteiger partial charge in [0, 0.05) is 12.1 Å². The van der Waals surface area contributed by atoms with Crippen molar-refractivity contribution < 1.29 is 13.9 Å². The van der Waals surface area contributed by atoms with E-state index in [1.165, 1.54) is 12.5 Å². The monoisotopic (exact) mass is 259 g/mol. The minimum absolute atomic E-state index is 0.382. The zero-order chi connectivity index (χ0) is 13.4. The summed E-state index contributed by atoms with van der Waals surface area (Å²) in [6.07, 6.45) is 2.20. The fraction of sp³-hybridized carbons (Fsp3) is 0.214. The summed E-state index contributed by atoms with van der Waals surface area (Å²) < 4.78 is 11.7. The summed E-state index contributed by atoms with van der Waals surface area (Å²) in [6, 6.07) is 6.94. The van der Waals surface area contributed by atoms with Crippen LogP contribution in [0.4, 0.5) is 0 Å². The van der Waals surface area contributed by atoms with Crippen molar-refractivity contribution in [2.24, 2.45) is 0 Å². The van der Waals surface area contributed by atoms with Gasteiger partial charge in [0.25, 0.3) is 0 Å². The average molecular weight is 259 g/mol. The van der Waals surface area contributed by atoms with Crippen LogP contribution in [0.15, 0.2) is 50.4 Å². The van der Waals surface area contributed by atoms with Crippen LogP contribution in [0.3, 0.4) is 0 Å². The first-order valence-electron chi connectivity index (χ1n) is 6.04. The number of aryl methyl sites for hydroxylation is 1. The number of hydrogen-bond donors (Lipinski definition) is 1. The van der Waals surface area contributed by atoms with E-state index < -0.39 is 6.10 Å². The summed E-state index contributed by atoms with van der Waals surface area (Å²) in [5, 5.41) is 10.2. The number of aliphatic hydroxyl groups excluding tert-OH is 1. The Morgan fingerprint density at radius 1 is 1.32 bits per heavy atom. The lowest BCUT2D eigenvalue weighted by atomic mass is 10.0. The van der Waals surface area contributed by atoms with Crippen molar-refractivity contribution in [3.63, 3.8) is 0 Å². The first kappa shape index (κ1) is 11.8. The van der Waals surface area contributed by atoms with Crippen molar-refractivity contribution >= 4 is 11.1 Å². The highest BCUT2D eigenvalue weighted by molar-refractivity contribution is 5.74. The molecule has 0 spiro atoms. The number of nitrogens with zero attached hydrogens (tertiary/aromatic N) is 1. The van der Waals surface area contributed by atoms with Gasteiger partial charge in [0.15, 0.2) is 5.58 Å². The molecular weight excluding hydrogens is 246 g/mol. The Hall–Kier alpha value is -2.27. The van der Waals surface area contributed by atoms with Crippen LogP contribution in [0.5, 0.6) is 0 Å². The molecule has 2 heterocycles. The van der Waals surface area contributed by atoms with Gasteiger partial charge in [0.1, 0.15) is 6.10 Å². The second-order valence-corrected chi connectivity index (χ2v) is 4.30. The largest absolute Gasteiger partial charge is 0.472 e. The zero-order valence-electron chi connectivity index (χ0n) is 10.4. The van der Waals surface area contributed by atoms with E-state index in [0.29, 0.717) is 23.3 Å². The van der Waals surface area contributed by atoms with Crippen molar-refractivity contribution in [3.8, 4) is 0 Å². The van der Waals surface area contributed by atoms with Gasteiger partial charge in [-0.25, -0.2) is 4.79 Å². The average Bonchev–Trinajstić information content (AvgIpc) is 3.03. The molecule has 0 aliphatic heterocycles. The second-order valence-electron chi connectivity index (χ2n) is 4.30. The molecular formula is C14H13NO4. The summed E-state index contributed by atoms with van der Waals surface area (Å²) in [5.41, 5.74) is 2.53. The molecule has 0 saturated heterocycles. The third-order valence-electron chi connectivity index (χ3n) is 3.18. The van der Waals surface area contributed by atoms with Crippen LogP contribution in [0.2, 0.25) is 0 Å². The molecule has 0 radical (unpaired) electrons. The first-order valence-corrected chi connectivity index (χ1v) is 6.04. The minimum Gasteiger partial charge on any atom is -0.472 e. The van der Waals surface area contributed by atoms with Crippen LogP contribution >= 0.6 is 0 Å². The van der Waals surface area contributed by atoms with E-state index in [1.54, 1.807) is 28.8 Å². The Morgan fingerprint density at radius 3 is 2.84 bits per heavy atom. The first-order chi connectivity index (χ1) is 9.20. The molecule has 1 aromatic carbocycles.